The molecule has 0 saturated heterocycles. The standard InChI is InChI=1S/C9H9N3O3S/c1-2-12-8(14)10-11-9(12)16-7-4-3-6(5-13)15-7/h3-5H,2H2,1H3,(H,10,14). The minimum absolute atomic E-state index is 0.253. The molecule has 0 aliphatic rings. The minimum Gasteiger partial charge on any atom is -0.447 e. The zero-order valence-electron chi connectivity index (χ0n) is 8.47. The predicted octanol–water partition coefficient (Wildman–Crippen LogP) is 1.15. The third kappa shape index (κ3) is 1.94. The van der Waals surface area contributed by atoms with E-state index in [1.807, 2.05) is 6.92 Å². The molecule has 6 nitrogen and oxygen atoms in total. The van der Waals surface area contributed by atoms with Crippen LogP contribution in [0.1, 0.15) is 17.5 Å². The molecule has 0 atom stereocenters. The van der Waals surface area contributed by atoms with Crippen molar-refractivity contribution < 1.29 is 9.21 Å². The van der Waals surface area contributed by atoms with Gasteiger partial charge in [-0.3, -0.25) is 9.36 Å². The van der Waals surface area contributed by atoms with E-state index in [9.17, 15) is 9.59 Å². The summed E-state index contributed by atoms with van der Waals surface area (Å²) < 4.78 is 6.65. The van der Waals surface area contributed by atoms with Crippen LogP contribution in [0.5, 0.6) is 0 Å². The molecular formula is C9H9N3O3S. The number of carbonyl (C=O) groups is 1. The van der Waals surface area contributed by atoms with Crippen molar-refractivity contribution in [3.8, 4) is 0 Å². The fourth-order valence-corrected chi connectivity index (χ4v) is 2.07. The van der Waals surface area contributed by atoms with Crippen molar-refractivity contribution in [2.75, 3.05) is 0 Å². The number of hydrogen-bond donors (Lipinski definition) is 1. The Balaban J connectivity index is 2.26. The highest BCUT2D eigenvalue weighted by molar-refractivity contribution is 7.99. The Kier molecular flexibility index (Phi) is 2.95. The van der Waals surface area contributed by atoms with E-state index in [1.165, 1.54) is 16.3 Å². The Morgan fingerprint density at radius 2 is 2.44 bits per heavy atom. The molecule has 0 bridgehead atoms. The monoisotopic (exact) mass is 239 g/mol. The highest BCUT2D eigenvalue weighted by Gasteiger charge is 2.10. The van der Waals surface area contributed by atoms with Gasteiger partial charge in [-0.25, -0.2) is 9.89 Å². The molecule has 16 heavy (non-hydrogen) atoms. The van der Waals surface area contributed by atoms with Gasteiger partial charge in [0, 0.05) is 6.54 Å². The van der Waals surface area contributed by atoms with Crippen LogP contribution in [0.4, 0.5) is 0 Å². The van der Waals surface area contributed by atoms with Crippen LogP contribution in [0.25, 0.3) is 0 Å². The number of nitrogens with zero attached hydrogens (tertiary/aromatic N) is 2. The second kappa shape index (κ2) is 4.40. The highest BCUT2D eigenvalue weighted by atomic mass is 32.2. The predicted molar refractivity (Wildman–Crippen MR) is 56.7 cm³/mol. The van der Waals surface area contributed by atoms with Crippen molar-refractivity contribution in [3.63, 3.8) is 0 Å². The molecule has 0 amide bonds. The fraction of sp³-hybridized carbons (Fsp3) is 0.222. The quantitative estimate of drug-likeness (QED) is 0.809. The molecular weight excluding hydrogens is 230 g/mol. The summed E-state index contributed by atoms with van der Waals surface area (Å²) in [6.45, 7) is 2.37. The van der Waals surface area contributed by atoms with Crippen LogP contribution in [0.15, 0.2) is 31.6 Å². The van der Waals surface area contributed by atoms with Gasteiger partial charge in [0.2, 0.25) is 0 Å². The summed E-state index contributed by atoms with van der Waals surface area (Å²) in [7, 11) is 0. The zero-order chi connectivity index (χ0) is 11.5. The molecule has 2 heterocycles. The van der Waals surface area contributed by atoms with E-state index in [4.69, 9.17) is 4.42 Å². The van der Waals surface area contributed by atoms with Gasteiger partial charge in [-0.1, -0.05) is 0 Å². The van der Waals surface area contributed by atoms with E-state index in [0.29, 0.717) is 23.1 Å². The first kappa shape index (κ1) is 10.7. The van der Waals surface area contributed by atoms with Crippen LogP contribution in [-0.2, 0) is 6.54 Å². The highest BCUT2D eigenvalue weighted by Crippen LogP contribution is 2.26. The molecule has 1 N–H and O–H groups in total. The molecule has 84 valence electrons. The summed E-state index contributed by atoms with van der Waals surface area (Å²) in [5.74, 6) is 0.253. The first-order valence-corrected chi connectivity index (χ1v) is 5.44. The average Bonchev–Trinajstić information content (AvgIpc) is 2.86. The van der Waals surface area contributed by atoms with Gasteiger partial charge in [0.1, 0.15) is 0 Å². The van der Waals surface area contributed by atoms with E-state index in [0.717, 1.165) is 0 Å². The summed E-state index contributed by atoms with van der Waals surface area (Å²) in [5, 5.41) is 7.25. The van der Waals surface area contributed by atoms with Crippen LogP contribution >= 0.6 is 11.8 Å². The van der Waals surface area contributed by atoms with Crippen LogP contribution in [-0.4, -0.2) is 21.1 Å². The summed E-state index contributed by atoms with van der Waals surface area (Å²) in [4.78, 5) is 21.7. The van der Waals surface area contributed by atoms with Gasteiger partial charge in [0.05, 0.1) is 0 Å². The maximum atomic E-state index is 11.3. The lowest BCUT2D eigenvalue weighted by Crippen LogP contribution is -2.15. The van der Waals surface area contributed by atoms with Crippen molar-refractivity contribution in [3.05, 3.63) is 28.4 Å². The number of rotatable bonds is 4. The van der Waals surface area contributed by atoms with Crippen LogP contribution in [0.2, 0.25) is 0 Å². The molecule has 0 aliphatic heterocycles. The van der Waals surface area contributed by atoms with Gasteiger partial charge in [-0.15, -0.1) is 5.10 Å². The first-order valence-electron chi connectivity index (χ1n) is 4.62. The number of aldehydes is 1. The molecule has 0 spiro atoms. The molecule has 0 fully saturated rings. The first-order chi connectivity index (χ1) is 7.74. The summed E-state index contributed by atoms with van der Waals surface area (Å²) in [6, 6.07) is 3.23. The normalized spacial score (nSPS) is 10.6. The molecule has 0 aromatic carbocycles. The summed E-state index contributed by atoms with van der Waals surface area (Å²) in [5.41, 5.74) is -0.257. The van der Waals surface area contributed by atoms with Crippen LogP contribution in [0, 0.1) is 0 Å². The number of aromatic amines is 1. The second-order valence-corrected chi connectivity index (χ2v) is 3.90. The van der Waals surface area contributed by atoms with E-state index in [1.54, 1.807) is 12.1 Å². The fourth-order valence-electron chi connectivity index (χ4n) is 1.20. The molecule has 0 aliphatic carbocycles. The lowest BCUT2D eigenvalue weighted by atomic mass is 10.5. The third-order valence-corrected chi connectivity index (χ3v) is 2.86. The van der Waals surface area contributed by atoms with Gasteiger partial charge in [-0.05, 0) is 30.8 Å². The van der Waals surface area contributed by atoms with Crippen molar-refractivity contribution in [2.24, 2.45) is 0 Å². The van der Waals surface area contributed by atoms with Crippen molar-refractivity contribution in [1.82, 2.24) is 14.8 Å². The van der Waals surface area contributed by atoms with E-state index in [2.05, 4.69) is 10.2 Å². The van der Waals surface area contributed by atoms with E-state index in [-0.39, 0.29) is 11.4 Å². The van der Waals surface area contributed by atoms with Crippen molar-refractivity contribution in [2.45, 2.75) is 23.7 Å². The Labute approximate surface area is 94.7 Å². The lowest BCUT2D eigenvalue weighted by molar-refractivity contribution is 0.109. The number of nitrogens with one attached hydrogen (secondary N) is 1. The van der Waals surface area contributed by atoms with Gasteiger partial charge in [0.15, 0.2) is 22.3 Å². The topological polar surface area (TPSA) is 80.9 Å². The van der Waals surface area contributed by atoms with E-state index >= 15 is 0 Å². The lowest BCUT2D eigenvalue weighted by Gasteiger charge is -1.98. The smallest absolute Gasteiger partial charge is 0.343 e. The number of aromatic nitrogens is 3. The Morgan fingerprint density at radius 1 is 1.62 bits per heavy atom. The Hall–Kier alpha value is -1.76. The molecule has 2 aromatic heterocycles. The van der Waals surface area contributed by atoms with E-state index < -0.39 is 0 Å². The second-order valence-electron chi connectivity index (χ2n) is 2.93. The maximum absolute atomic E-state index is 11.3. The molecule has 7 heteroatoms. The van der Waals surface area contributed by atoms with Gasteiger partial charge in [-0.2, -0.15) is 0 Å². The van der Waals surface area contributed by atoms with Crippen molar-refractivity contribution in [1.29, 1.82) is 0 Å². The Bertz CT molecular complexity index is 554. The average molecular weight is 239 g/mol. The maximum Gasteiger partial charge on any atom is 0.343 e. The van der Waals surface area contributed by atoms with Crippen molar-refractivity contribution >= 4 is 18.0 Å². The Morgan fingerprint density at radius 3 is 3.06 bits per heavy atom. The molecule has 2 aromatic rings. The largest absolute Gasteiger partial charge is 0.447 e. The number of furan rings is 1. The van der Waals surface area contributed by atoms with Gasteiger partial charge >= 0.3 is 5.69 Å². The van der Waals surface area contributed by atoms with Gasteiger partial charge < -0.3 is 4.42 Å². The van der Waals surface area contributed by atoms with Gasteiger partial charge in [0.25, 0.3) is 0 Å². The molecule has 0 radical (unpaired) electrons. The number of H-pyrrole nitrogens is 1. The number of carbonyl (C=O) groups excluding carboxylic acids is 1. The molecule has 0 unspecified atom stereocenters. The van der Waals surface area contributed by atoms with Crippen LogP contribution in [0.3, 0.4) is 0 Å². The molecule has 0 saturated carbocycles. The third-order valence-electron chi connectivity index (χ3n) is 1.95. The molecule has 2 rings (SSSR count). The SMILES string of the molecule is CCn1c(Sc2ccc(C=O)o2)n[nH]c1=O. The summed E-state index contributed by atoms with van der Waals surface area (Å²) in [6.07, 6.45) is 0.626. The summed E-state index contributed by atoms with van der Waals surface area (Å²) >= 11 is 1.19. The number of hydrogen-bond acceptors (Lipinski definition) is 5. The zero-order valence-corrected chi connectivity index (χ0v) is 9.28. The minimum atomic E-state index is -0.257. The van der Waals surface area contributed by atoms with Crippen LogP contribution < -0.4 is 5.69 Å².